The molecule has 0 aromatic carbocycles. The topological polar surface area (TPSA) is 62.3 Å². The van der Waals surface area contributed by atoms with E-state index in [1.54, 1.807) is 12.3 Å². The van der Waals surface area contributed by atoms with Gasteiger partial charge in [0.15, 0.2) is 0 Å². The molecule has 1 aromatic rings. The van der Waals surface area contributed by atoms with Crippen molar-refractivity contribution in [1.82, 2.24) is 15.2 Å². The average Bonchev–Trinajstić information content (AvgIpc) is 2.47. The quantitative estimate of drug-likeness (QED) is 0.846. The number of pyridine rings is 1. The summed E-state index contributed by atoms with van der Waals surface area (Å²) < 4.78 is 0.864. The summed E-state index contributed by atoms with van der Waals surface area (Å²) in [6.07, 6.45) is 3.91. The molecule has 6 heteroatoms. The second-order valence-electron chi connectivity index (χ2n) is 5.37. The van der Waals surface area contributed by atoms with Crippen LogP contribution in [-0.4, -0.2) is 40.8 Å². The maximum absolute atomic E-state index is 12.4. The van der Waals surface area contributed by atoms with Gasteiger partial charge in [0, 0.05) is 36.2 Å². The number of fused-ring (bicyclic) bond motifs is 1. The van der Waals surface area contributed by atoms with Gasteiger partial charge in [-0.1, -0.05) is 0 Å². The van der Waals surface area contributed by atoms with Crippen LogP contribution in [0.4, 0.5) is 0 Å². The number of carbonyl (C=O) groups is 2. The Morgan fingerprint density at radius 2 is 2.25 bits per heavy atom. The lowest BCUT2D eigenvalue weighted by Gasteiger charge is -2.41. The van der Waals surface area contributed by atoms with Crippen LogP contribution >= 0.6 is 15.9 Å². The number of hydrogen-bond acceptors (Lipinski definition) is 3. The van der Waals surface area contributed by atoms with Crippen LogP contribution in [0.15, 0.2) is 22.8 Å². The van der Waals surface area contributed by atoms with Crippen molar-refractivity contribution in [3.8, 4) is 0 Å². The summed E-state index contributed by atoms with van der Waals surface area (Å²) in [6, 6.07) is 3.80. The highest BCUT2D eigenvalue weighted by atomic mass is 79.9. The van der Waals surface area contributed by atoms with Gasteiger partial charge >= 0.3 is 0 Å². The van der Waals surface area contributed by atoms with Gasteiger partial charge in [0.1, 0.15) is 5.69 Å². The number of hydrogen-bond donors (Lipinski definition) is 1. The van der Waals surface area contributed by atoms with E-state index in [4.69, 9.17) is 0 Å². The Hall–Kier alpha value is -1.43. The molecule has 3 heterocycles. The molecule has 2 saturated heterocycles. The molecule has 20 heavy (non-hydrogen) atoms. The summed E-state index contributed by atoms with van der Waals surface area (Å²) in [5.41, 5.74) is 0.478. The molecule has 2 atom stereocenters. The standard InChI is InChI=1S/C14H16BrN3O2/c15-10-2-3-12(16-7-10)14(20)18-6-5-11-9(8-18)1-4-13(19)17-11/h2-3,7,9,11H,1,4-6,8H2,(H,17,19). The summed E-state index contributed by atoms with van der Waals surface area (Å²) in [7, 11) is 0. The summed E-state index contributed by atoms with van der Waals surface area (Å²) >= 11 is 3.31. The van der Waals surface area contributed by atoms with E-state index in [1.807, 2.05) is 11.0 Å². The third-order valence-electron chi connectivity index (χ3n) is 4.06. The molecule has 0 saturated carbocycles. The van der Waals surface area contributed by atoms with Gasteiger partial charge in [0.05, 0.1) is 0 Å². The summed E-state index contributed by atoms with van der Waals surface area (Å²) in [6.45, 7) is 1.39. The largest absolute Gasteiger partial charge is 0.353 e. The molecule has 1 aromatic heterocycles. The molecular formula is C14H16BrN3O2. The number of nitrogens with zero attached hydrogens (tertiary/aromatic N) is 2. The molecule has 5 nitrogen and oxygen atoms in total. The zero-order valence-electron chi connectivity index (χ0n) is 11.0. The second kappa shape index (κ2) is 5.52. The Bertz CT molecular complexity index is 532. The number of rotatable bonds is 1. The third-order valence-corrected chi connectivity index (χ3v) is 4.53. The third kappa shape index (κ3) is 2.70. The van der Waals surface area contributed by atoms with Crippen LogP contribution in [0.3, 0.4) is 0 Å². The molecule has 106 valence electrons. The van der Waals surface area contributed by atoms with Gasteiger partial charge in [0.25, 0.3) is 5.91 Å². The van der Waals surface area contributed by atoms with Crippen LogP contribution in [0.5, 0.6) is 0 Å². The first-order valence-corrected chi connectivity index (χ1v) is 7.63. The second-order valence-corrected chi connectivity index (χ2v) is 6.29. The van der Waals surface area contributed by atoms with Crippen molar-refractivity contribution in [2.24, 2.45) is 5.92 Å². The highest BCUT2D eigenvalue weighted by Crippen LogP contribution is 2.26. The van der Waals surface area contributed by atoms with E-state index < -0.39 is 0 Å². The van der Waals surface area contributed by atoms with E-state index in [0.717, 1.165) is 17.3 Å². The number of likely N-dealkylation sites (tertiary alicyclic amines) is 1. The van der Waals surface area contributed by atoms with E-state index in [0.29, 0.717) is 31.1 Å². The van der Waals surface area contributed by atoms with Gasteiger partial charge in [-0.2, -0.15) is 0 Å². The lowest BCUT2D eigenvalue weighted by Crippen LogP contribution is -2.55. The number of aromatic nitrogens is 1. The zero-order chi connectivity index (χ0) is 14.1. The van der Waals surface area contributed by atoms with Crippen molar-refractivity contribution < 1.29 is 9.59 Å². The average molecular weight is 338 g/mol. The fourth-order valence-corrected chi connectivity index (χ4v) is 3.19. The molecule has 0 bridgehead atoms. The van der Waals surface area contributed by atoms with Crippen LogP contribution < -0.4 is 5.32 Å². The van der Waals surface area contributed by atoms with E-state index in [2.05, 4.69) is 26.2 Å². The van der Waals surface area contributed by atoms with Crippen LogP contribution in [0.1, 0.15) is 29.8 Å². The zero-order valence-corrected chi connectivity index (χ0v) is 12.6. The van der Waals surface area contributed by atoms with E-state index in [-0.39, 0.29) is 17.9 Å². The fourth-order valence-electron chi connectivity index (χ4n) is 2.96. The summed E-state index contributed by atoms with van der Waals surface area (Å²) in [5, 5.41) is 3.03. The Kier molecular flexibility index (Phi) is 3.74. The molecule has 2 aliphatic rings. The van der Waals surface area contributed by atoms with Crippen LogP contribution in [0.25, 0.3) is 0 Å². The van der Waals surface area contributed by atoms with Crippen molar-refractivity contribution in [3.05, 3.63) is 28.5 Å². The van der Waals surface area contributed by atoms with Gasteiger partial charge in [-0.15, -0.1) is 0 Å². The van der Waals surface area contributed by atoms with Crippen molar-refractivity contribution in [2.75, 3.05) is 13.1 Å². The van der Waals surface area contributed by atoms with Crippen molar-refractivity contribution in [2.45, 2.75) is 25.3 Å². The number of nitrogens with one attached hydrogen (secondary N) is 1. The minimum Gasteiger partial charge on any atom is -0.353 e. The molecule has 0 radical (unpaired) electrons. The molecule has 2 fully saturated rings. The van der Waals surface area contributed by atoms with Gasteiger partial charge in [-0.25, -0.2) is 4.98 Å². The summed E-state index contributed by atoms with van der Waals surface area (Å²) in [4.78, 5) is 29.8. The van der Waals surface area contributed by atoms with Gasteiger partial charge in [-0.3, -0.25) is 9.59 Å². The molecule has 1 N–H and O–H groups in total. The summed E-state index contributed by atoms with van der Waals surface area (Å²) in [5.74, 6) is 0.495. The molecule has 3 rings (SSSR count). The maximum atomic E-state index is 12.4. The SMILES string of the molecule is O=C1CCC2CN(C(=O)c3ccc(Br)cn3)CCC2N1. The highest BCUT2D eigenvalue weighted by Gasteiger charge is 2.35. The maximum Gasteiger partial charge on any atom is 0.272 e. The molecule has 2 amide bonds. The molecule has 0 spiro atoms. The lowest BCUT2D eigenvalue weighted by atomic mass is 9.85. The molecular weight excluding hydrogens is 322 g/mol. The van der Waals surface area contributed by atoms with Gasteiger partial charge < -0.3 is 10.2 Å². The Morgan fingerprint density at radius 1 is 1.40 bits per heavy atom. The minimum absolute atomic E-state index is 0.0205. The lowest BCUT2D eigenvalue weighted by molar-refractivity contribution is -0.125. The highest BCUT2D eigenvalue weighted by molar-refractivity contribution is 9.10. The minimum atomic E-state index is -0.0205. The number of amides is 2. The number of halogens is 1. The normalized spacial score (nSPS) is 25.9. The van der Waals surface area contributed by atoms with E-state index in [9.17, 15) is 9.59 Å². The molecule has 2 unspecified atom stereocenters. The van der Waals surface area contributed by atoms with E-state index >= 15 is 0 Å². The smallest absolute Gasteiger partial charge is 0.272 e. The fraction of sp³-hybridized carbons (Fsp3) is 0.500. The molecule has 2 aliphatic heterocycles. The monoisotopic (exact) mass is 337 g/mol. The first-order chi connectivity index (χ1) is 9.63. The predicted octanol–water partition coefficient (Wildman–Crippen LogP) is 1.58. The number of carbonyl (C=O) groups excluding carboxylic acids is 2. The Balaban J connectivity index is 1.68. The first kappa shape index (κ1) is 13.5. The van der Waals surface area contributed by atoms with Gasteiger partial charge in [-0.05, 0) is 46.8 Å². The number of piperidine rings is 2. The van der Waals surface area contributed by atoms with Crippen molar-refractivity contribution in [1.29, 1.82) is 0 Å². The Morgan fingerprint density at radius 3 is 3.00 bits per heavy atom. The van der Waals surface area contributed by atoms with Crippen LogP contribution in [-0.2, 0) is 4.79 Å². The van der Waals surface area contributed by atoms with Crippen LogP contribution in [0.2, 0.25) is 0 Å². The predicted molar refractivity (Wildman–Crippen MR) is 77.1 cm³/mol. The first-order valence-electron chi connectivity index (χ1n) is 6.83. The Labute approximate surface area is 125 Å². The molecule has 0 aliphatic carbocycles. The van der Waals surface area contributed by atoms with Gasteiger partial charge in [0.2, 0.25) is 5.91 Å². The van der Waals surface area contributed by atoms with Crippen molar-refractivity contribution >= 4 is 27.7 Å². The van der Waals surface area contributed by atoms with Crippen LogP contribution in [0, 0.1) is 5.92 Å². The van der Waals surface area contributed by atoms with E-state index in [1.165, 1.54) is 0 Å². The van der Waals surface area contributed by atoms with Crippen molar-refractivity contribution in [3.63, 3.8) is 0 Å².